The number of carbonyl (C=O) groups is 2. The number of rotatable bonds is 7. The molecule has 0 unspecified atom stereocenters. The van der Waals surface area contributed by atoms with Gasteiger partial charge in [-0.1, -0.05) is 27.7 Å². The van der Waals surface area contributed by atoms with Gasteiger partial charge < -0.3 is 58.9 Å². The number of esters is 1. The van der Waals surface area contributed by atoms with Crippen molar-refractivity contribution in [2.24, 2.45) is 23.7 Å². The smallest absolute Gasteiger partial charge is 0.311 e. The van der Waals surface area contributed by atoms with Crippen molar-refractivity contribution in [1.82, 2.24) is 4.90 Å². The summed E-state index contributed by atoms with van der Waals surface area (Å²) >= 11 is 0. The summed E-state index contributed by atoms with van der Waals surface area (Å²) in [6.45, 7) is 16.3. The molecule has 0 bridgehead atoms. The quantitative estimate of drug-likeness (QED) is 0.238. The van der Waals surface area contributed by atoms with Gasteiger partial charge in [-0.2, -0.15) is 0 Å². The lowest BCUT2D eigenvalue weighted by atomic mass is 9.74. The third-order valence-electron chi connectivity index (χ3n) is 11.8. The highest BCUT2D eigenvalue weighted by molar-refractivity contribution is 5.83. The van der Waals surface area contributed by atoms with Crippen molar-refractivity contribution >= 4 is 11.8 Å². The molecule has 3 aliphatic rings. The topological polar surface area (TPSA) is 194 Å². The Morgan fingerprint density at radius 1 is 0.882 bits per heavy atom. The van der Waals surface area contributed by atoms with Crippen molar-refractivity contribution in [2.75, 3.05) is 21.2 Å². The zero-order chi connectivity index (χ0) is 39.0. The number of nitrogens with zero attached hydrogens (tertiary/aromatic N) is 1. The Bertz CT molecular complexity index is 1170. The standard InChI is InChI=1S/C37H67NO13/c1-14-25-37(10,45)30(41)20(4)27(39)18(2)16-35(8,44)32(51-34-28(40)24(38(11)12)15-19(3)47-34)21(5)29(22(6)33(43)49-25)50-26-17-36(9,46-13)31(42)23(7)48-26/h18-26,28-32,34,40-42,44-45H,14-17H2,1-13H3/t18-,19-,20+,21-,22-,23+,24+,25-,26+,28-,29+,30-,31+,32-,34+,35-,36-,37-/m1/s1. The minimum Gasteiger partial charge on any atom is -0.459 e. The van der Waals surface area contributed by atoms with E-state index >= 15 is 0 Å². The molecule has 14 heteroatoms. The first-order valence-corrected chi connectivity index (χ1v) is 18.5. The van der Waals surface area contributed by atoms with Gasteiger partial charge in [-0.15, -0.1) is 0 Å². The van der Waals surface area contributed by atoms with Gasteiger partial charge in [0, 0.05) is 37.3 Å². The summed E-state index contributed by atoms with van der Waals surface area (Å²) in [5.74, 6) is -4.98. The van der Waals surface area contributed by atoms with Gasteiger partial charge in [-0.25, -0.2) is 0 Å². The van der Waals surface area contributed by atoms with E-state index in [1.165, 1.54) is 27.9 Å². The highest BCUT2D eigenvalue weighted by atomic mass is 16.7. The van der Waals surface area contributed by atoms with Crippen LogP contribution in [0.4, 0.5) is 0 Å². The number of carbonyl (C=O) groups excluding carboxylic acids is 2. The molecular weight excluding hydrogens is 666 g/mol. The van der Waals surface area contributed by atoms with Crippen molar-refractivity contribution in [2.45, 2.75) is 179 Å². The Labute approximate surface area is 304 Å². The maximum atomic E-state index is 14.1. The molecule has 14 nitrogen and oxygen atoms in total. The maximum absolute atomic E-state index is 14.1. The molecule has 0 aromatic carbocycles. The average Bonchev–Trinajstić information content (AvgIpc) is 3.05. The van der Waals surface area contributed by atoms with Crippen LogP contribution in [-0.2, 0) is 38.0 Å². The number of ether oxygens (including phenoxy) is 6. The highest BCUT2D eigenvalue weighted by Crippen LogP contribution is 2.40. The molecule has 3 fully saturated rings. The fourth-order valence-electron chi connectivity index (χ4n) is 8.41. The van der Waals surface area contributed by atoms with Gasteiger partial charge in [0.05, 0.1) is 47.6 Å². The third-order valence-corrected chi connectivity index (χ3v) is 11.8. The zero-order valence-corrected chi connectivity index (χ0v) is 32.9. The number of aliphatic hydroxyl groups is 5. The van der Waals surface area contributed by atoms with Gasteiger partial charge in [0.15, 0.2) is 12.6 Å². The highest BCUT2D eigenvalue weighted by Gasteiger charge is 2.53. The van der Waals surface area contributed by atoms with Crippen molar-refractivity contribution in [3.05, 3.63) is 0 Å². The summed E-state index contributed by atoms with van der Waals surface area (Å²) in [6, 6.07) is -0.324. The Hall–Kier alpha value is -1.30. The summed E-state index contributed by atoms with van der Waals surface area (Å²) in [5, 5.41) is 57.6. The van der Waals surface area contributed by atoms with Crippen LogP contribution in [-0.4, -0.2) is 148 Å². The van der Waals surface area contributed by atoms with Crippen LogP contribution in [0, 0.1) is 23.7 Å². The van der Waals surface area contributed by atoms with E-state index in [0.717, 1.165) is 0 Å². The van der Waals surface area contributed by atoms with Crippen molar-refractivity contribution in [3.8, 4) is 0 Å². The monoisotopic (exact) mass is 733 g/mol. The van der Waals surface area contributed by atoms with Gasteiger partial charge in [-0.05, 0) is 74.9 Å². The summed E-state index contributed by atoms with van der Waals surface area (Å²) in [4.78, 5) is 29.8. The van der Waals surface area contributed by atoms with Crippen LogP contribution in [0.2, 0.25) is 0 Å². The molecular formula is C37H67NO13. The summed E-state index contributed by atoms with van der Waals surface area (Å²) in [6.07, 6.45) is -9.71. The molecule has 0 aliphatic carbocycles. The molecule has 3 aliphatic heterocycles. The molecule has 0 amide bonds. The van der Waals surface area contributed by atoms with E-state index in [9.17, 15) is 35.1 Å². The van der Waals surface area contributed by atoms with Crippen LogP contribution < -0.4 is 0 Å². The fourth-order valence-corrected chi connectivity index (χ4v) is 8.41. The van der Waals surface area contributed by atoms with E-state index in [2.05, 4.69) is 0 Å². The normalized spacial score (nSPS) is 49.7. The van der Waals surface area contributed by atoms with Crippen LogP contribution in [0.5, 0.6) is 0 Å². The number of Topliss-reactive ketones (excluding diaryl/α,β-unsaturated/α-hetero) is 1. The van der Waals surface area contributed by atoms with Crippen LogP contribution in [0.15, 0.2) is 0 Å². The molecule has 3 rings (SSSR count). The second-order valence-corrected chi connectivity index (χ2v) is 16.5. The average molecular weight is 734 g/mol. The first kappa shape index (κ1) is 44.1. The number of hydrogen-bond acceptors (Lipinski definition) is 14. The first-order chi connectivity index (χ1) is 23.4. The molecule has 0 spiro atoms. The molecule has 5 N–H and O–H groups in total. The van der Waals surface area contributed by atoms with E-state index < -0.39 is 108 Å². The molecule has 3 saturated heterocycles. The first-order valence-electron chi connectivity index (χ1n) is 18.5. The number of methoxy groups -OCH3 is 1. The zero-order valence-electron chi connectivity index (χ0n) is 32.9. The Kier molecular flexibility index (Phi) is 14.7. The van der Waals surface area contributed by atoms with Crippen LogP contribution >= 0.6 is 0 Å². The number of likely N-dealkylation sites (N-methyl/N-ethyl adjacent to an activating group) is 1. The van der Waals surface area contributed by atoms with E-state index in [4.69, 9.17) is 28.4 Å². The predicted molar refractivity (Wildman–Crippen MR) is 186 cm³/mol. The molecule has 0 aromatic heterocycles. The van der Waals surface area contributed by atoms with Crippen molar-refractivity contribution in [3.63, 3.8) is 0 Å². The lowest BCUT2D eigenvalue weighted by Gasteiger charge is -2.49. The minimum atomic E-state index is -1.99. The Morgan fingerprint density at radius 3 is 2.04 bits per heavy atom. The largest absolute Gasteiger partial charge is 0.459 e. The summed E-state index contributed by atoms with van der Waals surface area (Å²) < 4.78 is 37.1. The number of ketones is 1. The Balaban J connectivity index is 2.18. The molecule has 0 radical (unpaired) electrons. The number of aliphatic hydroxyl groups excluding tert-OH is 3. The SMILES string of the molecule is CC[C@H]1OC(=O)[C@H](C)[C@@H](O[C@H]2C[C@@](C)(OC)[C@@H](O)[C@H](C)O2)[C@@H](C)[C@@H](O[C@@H]2O[C@H](C)C[C@H](N(C)C)[C@H]2O)[C@](C)(O)C[C@@H](C)C(=O)[C@H](C)[C@@H](O)[C@]1(C)O. The van der Waals surface area contributed by atoms with Crippen LogP contribution in [0.1, 0.15) is 94.9 Å². The number of cyclic esters (lactones) is 1. The molecule has 51 heavy (non-hydrogen) atoms. The minimum absolute atomic E-state index is 0.0936. The van der Waals surface area contributed by atoms with E-state index in [-0.39, 0.29) is 31.4 Å². The summed E-state index contributed by atoms with van der Waals surface area (Å²) in [7, 11) is 5.18. The van der Waals surface area contributed by atoms with Gasteiger partial charge in [0.1, 0.15) is 29.7 Å². The fraction of sp³-hybridized carbons (Fsp3) is 0.946. The van der Waals surface area contributed by atoms with Crippen LogP contribution in [0.25, 0.3) is 0 Å². The maximum Gasteiger partial charge on any atom is 0.311 e. The van der Waals surface area contributed by atoms with Crippen molar-refractivity contribution in [1.29, 1.82) is 0 Å². The lowest BCUT2D eigenvalue weighted by molar-refractivity contribution is -0.318. The van der Waals surface area contributed by atoms with Crippen molar-refractivity contribution < 1.29 is 63.5 Å². The molecule has 18 atom stereocenters. The molecule has 0 aromatic rings. The van der Waals surface area contributed by atoms with Gasteiger partial charge in [-0.3, -0.25) is 9.59 Å². The lowest BCUT2D eigenvalue weighted by Crippen LogP contribution is -2.61. The van der Waals surface area contributed by atoms with E-state index in [1.54, 1.807) is 41.5 Å². The third kappa shape index (κ3) is 9.51. The number of hydrogen-bond donors (Lipinski definition) is 5. The second kappa shape index (κ2) is 17.0. The Morgan fingerprint density at radius 2 is 1.49 bits per heavy atom. The van der Waals surface area contributed by atoms with E-state index in [1.807, 2.05) is 25.9 Å². The van der Waals surface area contributed by atoms with Crippen LogP contribution in [0.3, 0.4) is 0 Å². The second-order valence-electron chi connectivity index (χ2n) is 16.5. The molecule has 3 heterocycles. The van der Waals surface area contributed by atoms with Gasteiger partial charge >= 0.3 is 5.97 Å². The molecule has 0 saturated carbocycles. The van der Waals surface area contributed by atoms with E-state index in [0.29, 0.717) is 6.42 Å². The summed E-state index contributed by atoms with van der Waals surface area (Å²) in [5.41, 5.74) is -4.84. The van der Waals surface area contributed by atoms with Gasteiger partial charge in [0.2, 0.25) is 0 Å². The predicted octanol–water partition coefficient (Wildman–Crippen LogP) is 1.79. The molecule has 298 valence electrons. The van der Waals surface area contributed by atoms with Gasteiger partial charge in [0.25, 0.3) is 0 Å².